The molecule has 0 aliphatic carbocycles. The summed E-state index contributed by atoms with van der Waals surface area (Å²) in [5, 5.41) is 8.61. The second-order valence-electron chi connectivity index (χ2n) is 5.86. The zero-order valence-electron chi connectivity index (χ0n) is 14.7. The zero-order valence-corrected chi connectivity index (χ0v) is 15.5. The molecule has 3 aromatic rings. The van der Waals surface area contributed by atoms with E-state index in [4.69, 9.17) is 14.6 Å². The van der Waals surface area contributed by atoms with Crippen molar-refractivity contribution in [1.82, 2.24) is 0 Å². The molecule has 0 amide bonds. The Labute approximate surface area is 162 Å². The van der Waals surface area contributed by atoms with Gasteiger partial charge in [-0.2, -0.15) is 0 Å². The summed E-state index contributed by atoms with van der Waals surface area (Å²) in [5.74, 6) is 1.27. The Balaban J connectivity index is 1.46. The SMILES string of the molecule is O=C(O)COc1ccc(SCc2ccc(OCc3ccccc3)cc2)cc1. The van der Waals surface area contributed by atoms with E-state index in [2.05, 4.69) is 12.1 Å². The van der Waals surface area contributed by atoms with Crippen molar-refractivity contribution in [3.05, 3.63) is 90.0 Å². The number of thioether (sulfide) groups is 1. The van der Waals surface area contributed by atoms with Crippen LogP contribution in [0.15, 0.2) is 83.8 Å². The molecule has 4 nitrogen and oxygen atoms in total. The van der Waals surface area contributed by atoms with Crippen molar-refractivity contribution >= 4 is 17.7 Å². The van der Waals surface area contributed by atoms with Gasteiger partial charge in [0.05, 0.1) is 0 Å². The lowest BCUT2D eigenvalue weighted by Crippen LogP contribution is -2.09. The van der Waals surface area contributed by atoms with Gasteiger partial charge in [0.2, 0.25) is 0 Å². The molecule has 3 aromatic carbocycles. The minimum atomic E-state index is -0.982. The van der Waals surface area contributed by atoms with E-state index in [1.807, 2.05) is 54.6 Å². The largest absolute Gasteiger partial charge is 0.489 e. The van der Waals surface area contributed by atoms with Gasteiger partial charge < -0.3 is 14.6 Å². The standard InChI is InChI=1S/C22H20O4S/c23-22(24)15-26-20-10-12-21(13-11-20)27-16-18-6-8-19(9-7-18)25-14-17-4-2-1-3-5-17/h1-13H,14-16H2,(H,23,24). The number of rotatable bonds is 9. The van der Waals surface area contributed by atoms with Crippen LogP contribution in [0.25, 0.3) is 0 Å². The first-order chi connectivity index (χ1) is 13.2. The summed E-state index contributed by atoms with van der Waals surface area (Å²) >= 11 is 1.71. The van der Waals surface area contributed by atoms with Gasteiger partial charge in [0.25, 0.3) is 0 Å². The number of carboxylic acid groups (broad SMARTS) is 1. The highest BCUT2D eigenvalue weighted by Crippen LogP contribution is 2.26. The lowest BCUT2D eigenvalue weighted by Gasteiger charge is -2.08. The Morgan fingerprint density at radius 2 is 1.41 bits per heavy atom. The molecule has 0 aliphatic heterocycles. The Hall–Kier alpha value is -2.92. The van der Waals surface area contributed by atoms with Crippen molar-refractivity contribution in [2.75, 3.05) is 6.61 Å². The van der Waals surface area contributed by atoms with Crippen LogP contribution in [0, 0.1) is 0 Å². The molecule has 0 atom stereocenters. The summed E-state index contributed by atoms with van der Waals surface area (Å²) in [7, 11) is 0. The third-order valence-corrected chi connectivity index (χ3v) is 4.85. The van der Waals surface area contributed by atoms with Crippen LogP contribution in [0.2, 0.25) is 0 Å². The van der Waals surface area contributed by atoms with E-state index in [9.17, 15) is 4.79 Å². The third-order valence-electron chi connectivity index (χ3n) is 3.76. The highest BCUT2D eigenvalue weighted by Gasteiger charge is 2.02. The first kappa shape index (κ1) is 18.9. The average Bonchev–Trinajstić information content (AvgIpc) is 2.71. The molecule has 0 radical (unpaired) electrons. The molecule has 0 bridgehead atoms. The average molecular weight is 380 g/mol. The molecule has 1 N–H and O–H groups in total. The van der Waals surface area contributed by atoms with Gasteiger partial charge >= 0.3 is 5.97 Å². The molecule has 0 saturated carbocycles. The molecule has 138 valence electrons. The number of hydrogen-bond acceptors (Lipinski definition) is 4. The fourth-order valence-electron chi connectivity index (χ4n) is 2.37. The first-order valence-corrected chi connectivity index (χ1v) is 9.51. The van der Waals surface area contributed by atoms with Gasteiger partial charge in [-0.05, 0) is 47.5 Å². The van der Waals surface area contributed by atoms with Crippen LogP contribution in [0.5, 0.6) is 11.5 Å². The van der Waals surface area contributed by atoms with Gasteiger partial charge in [0.1, 0.15) is 18.1 Å². The van der Waals surface area contributed by atoms with E-state index in [0.717, 1.165) is 22.0 Å². The quantitative estimate of drug-likeness (QED) is 0.528. The molecule has 0 spiro atoms. The third kappa shape index (κ3) is 6.38. The maximum atomic E-state index is 10.5. The van der Waals surface area contributed by atoms with Crippen LogP contribution in [0.3, 0.4) is 0 Å². The molecule has 3 rings (SSSR count). The highest BCUT2D eigenvalue weighted by atomic mass is 32.2. The fourth-order valence-corrected chi connectivity index (χ4v) is 3.22. The van der Waals surface area contributed by atoms with Crippen LogP contribution in [0.4, 0.5) is 0 Å². The fraction of sp³-hybridized carbons (Fsp3) is 0.136. The molecule has 0 aromatic heterocycles. The minimum absolute atomic E-state index is 0.328. The zero-order chi connectivity index (χ0) is 18.9. The maximum Gasteiger partial charge on any atom is 0.341 e. The summed E-state index contributed by atoms with van der Waals surface area (Å²) in [4.78, 5) is 11.6. The van der Waals surface area contributed by atoms with Gasteiger partial charge in [0.15, 0.2) is 6.61 Å². The Bertz CT molecular complexity index is 846. The number of hydrogen-bond donors (Lipinski definition) is 1. The summed E-state index contributed by atoms with van der Waals surface area (Å²) in [6, 6.07) is 25.6. The normalized spacial score (nSPS) is 10.4. The molecular formula is C22H20O4S. The predicted octanol–water partition coefficient (Wildman–Crippen LogP) is 5.02. The van der Waals surface area contributed by atoms with E-state index in [-0.39, 0.29) is 6.61 Å². The van der Waals surface area contributed by atoms with Crippen LogP contribution in [0.1, 0.15) is 11.1 Å². The number of aliphatic carboxylic acids is 1. The van der Waals surface area contributed by atoms with Crippen molar-refractivity contribution in [2.24, 2.45) is 0 Å². The van der Waals surface area contributed by atoms with Gasteiger partial charge in [-0.25, -0.2) is 4.79 Å². The lowest BCUT2D eigenvalue weighted by molar-refractivity contribution is -0.139. The molecular weight excluding hydrogens is 360 g/mol. The molecule has 0 fully saturated rings. The van der Waals surface area contributed by atoms with E-state index in [1.165, 1.54) is 5.56 Å². The van der Waals surface area contributed by atoms with E-state index < -0.39 is 5.97 Å². The van der Waals surface area contributed by atoms with E-state index in [0.29, 0.717) is 12.4 Å². The van der Waals surface area contributed by atoms with Gasteiger partial charge in [-0.1, -0.05) is 42.5 Å². The van der Waals surface area contributed by atoms with Gasteiger partial charge in [0, 0.05) is 10.6 Å². The summed E-state index contributed by atoms with van der Waals surface area (Å²) in [6.07, 6.45) is 0. The Morgan fingerprint density at radius 1 is 0.778 bits per heavy atom. The van der Waals surface area contributed by atoms with Gasteiger partial charge in [-0.3, -0.25) is 0 Å². The first-order valence-electron chi connectivity index (χ1n) is 8.52. The smallest absolute Gasteiger partial charge is 0.341 e. The molecule has 5 heteroatoms. The van der Waals surface area contributed by atoms with Crippen molar-refractivity contribution in [2.45, 2.75) is 17.3 Å². The van der Waals surface area contributed by atoms with E-state index >= 15 is 0 Å². The summed E-state index contributed by atoms with van der Waals surface area (Å²) in [6.45, 7) is 0.233. The molecule has 0 unspecified atom stereocenters. The number of carbonyl (C=O) groups is 1. The number of benzene rings is 3. The van der Waals surface area contributed by atoms with Crippen molar-refractivity contribution in [3.63, 3.8) is 0 Å². The second-order valence-corrected chi connectivity index (χ2v) is 6.91. The summed E-state index contributed by atoms with van der Waals surface area (Å²) < 4.78 is 10.9. The number of carboxylic acids is 1. The van der Waals surface area contributed by atoms with Gasteiger partial charge in [-0.15, -0.1) is 11.8 Å². The maximum absolute atomic E-state index is 10.5. The molecule has 27 heavy (non-hydrogen) atoms. The van der Waals surface area contributed by atoms with Crippen LogP contribution < -0.4 is 9.47 Å². The predicted molar refractivity (Wildman–Crippen MR) is 106 cm³/mol. The molecule has 0 aliphatic rings. The summed E-state index contributed by atoms with van der Waals surface area (Å²) in [5.41, 5.74) is 2.35. The Morgan fingerprint density at radius 3 is 2.07 bits per heavy atom. The molecule has 0 heterocycles. The topological polar surface area (TPSA) is 55.8 Å². The van der Waals surface area contributed by atoms with Crippen molar-refractivity contribution < 1.29 is 19.4 Å². The van der Waals surface area contributed by atoms with Crippen LogP contribution in [-0.2, 0) is 17.2 Å². The van der Waals surface area contributed by atoms with Crippen molar-refractivity contribution in [3.8, 4) is 11.5 Å². The number of ether oxygens (including phenoxy) is 2. The van der Waals surface area contributed by atoms with Crippen LogP contribution >= 0.6 is 11.8 Å². The van der Waals surface area contributed by atoms with E-state index in [1.54, 1.807) is 23.9 Å². The molecule has 0 saturated heterocycles. The monoisotopic (exact) mass is 380 g/mol. The Kier molecular flexibility index (Phi) is 6.77. The van der Waals surface area contributed by atoms with Crippen molar-refractivity contribution in [1.29, 1.82) is 0 Å². The minimum Gasteiger partial charge on any atom is -0.489 e. The highest BCUT2D eigenvalue weighted by molar-refractivity contribution is 7.98. The second kappa shape index (κ2) is 9.69. The lowest BCUT2D eigenvalue weighted by atomic mass is 10.2. The van der Waals surface area contributed by atoms with Crippen LogP contribution in [-0.4, -0.2) is 17.7 Å².